The van der Waals surface area contributed by atoms with Gasteiger partial charge >= 0.3 is 0 Å². The fraction of sp³-hybridized carbons (Fsp3) is 0.0714. The lowest BCUT2D eigenvalue weighted by atomic mass is 10.1. The summed E-state index contributed by atoms with van der Waals surface area (Å²) in [5.74, 6) is -0.293. The van der Waals surface area contributed by atoms with E-state index in [1.54, 1.807) is 23.5 Å². The molecule has 0 fully saturated rings. The van der Waals surface area contributed by atoms with Gasteiger partial charge in [-0.3, -0.25) is 4.98 Å². The topological polar surface area (TPSA) is 12.9 Å². The van der Waals surface area contributed by atoms with Gasteiger partial charge in [0.05, 0.1) is 14.7 Å². The predicted octanol–water partition coefficient (Wildman–Crippen LogP) is 5.44. The normalized spacial score (nSPS) is 11.1. The zero-order valence-electron chi connectivity index (χ0n) is 9.66. The first-order valence-corrected chi connectivity index (χ1v) is 7.65. The van der Waals surface area contributed by atoms with Crippen LogP contribution in [-0.2, 0) is 6.42 Å². The second-order valence-electron chi connectivity index (χ2n) is 4.15. The molecule has 19 heavy (non-hydrogen) atoms. The molecule has 0 atom stereocenters. The molecule has 0 saturated heterocycles. The van der Waals surface area contributed by atoms with E-state index in [9.17, 15) is 4.39 Å². The molecule has 0 spiro atoms. The number of halogens is 3. The van der Waals surface area contributed by atoms with E-state index in [1.165, 1.54) is 6.07 Å². The van der Waals surface area contributed by atoms with Crippen molar-refractivity contribution in [1.29, 1.82) is 0 Å². The number of pyridine rings is 1. The van der Waals surface area contributed by atoms with E-state index in [4.69, 9.17) is 11.6 Å². The van der Waals surface area contributed by atoms with E-state index in [-0.39, 0.29) is 5.82 Å². The van der Waals surface area contributed by atoms with Crippen molar-refractivity contribution in [2.75, 3.05) is 0 Å². The molecule has 0 unspecified atom stereocenters. The van der Waals surface area contributed by atoms with Gasteiger partial charge in [0.1, 0.15) is 5.82 Å². The fourth-order valence-electron chi connectivity index (χ4n) is 1.88. The fourth-order valence-corrected chi connectivity index (χ4v) is 3.51. The highest BCUT2D eigenvalue weighted by Gasteiger charge is 2.08. The van der Waals surface area contributed by atoms with Crippen molar-refractivity contribution in [2.45, 2.75) is 6.42 Å². The lowest BCUT2D eigenvalue weighted by Crippen LogP contribution is -1.95. The number of hydrogen-bond donors (Lipinski definition) is 0. The van der Waals surface area contributed by atoms with E-state index in [0.717, 1.165) is 20.4 Å². The number of rotatable bonds is 2. The summed E-state index contributed by atoms with van der Waals surface area (Å²) in [5, 5.41) is 2.41. The summed E-state index contributed by atoms with van der Waals surface area (Å²) >= 11 is 10.8. The van der Waals surface area contributed by atoms with Gasteiger partial charge in [0, 0.05) is 22.5 Å². The van der Waals surface area contributed by atoms with Gasteiger partial charge in [-0.25, -0.2) is 4.39 Å². The highest BCUT2D eigenvalue weighted by Crippen LogP contribution is 2.29. The van der Waals surface area contributed by atoms with E-state index in [1.807, 2.05) is 17.5 Å². The molecule has 3 aromatic rings. The molecule has 0 bridgehead atoms. The molecule has 2 aromatic heterocycles. The number of fused-ring (bicyclic) bond motifs is 1. The minimum atomic E-state index is -0.293. The molecule has 0 amide bonds. The monoisotopic (exact) mass is 355 g/mol. The molecule has 0 aliphatic heterocycles. The quantitative estimate of drug-likeness (QED) is 0.595. The summed E-state index contributed by atoms with van der Waals surface area (Å²) < 4.78 is 15.8. The molecule has 0 radical (unpaired) electrons. The SMILES string of the molecule is Fc1cc(Cl)ccc1Cc1ccc2scc(Br)c2n1. The maximum Gasteiger partial charge on any atom is 0.128 e. The van der Waals surface area contributed by atoms with Gasteiger partial charge in [0.2, 0.25) is 0 Å². The van der Waals surface area contributed by atoms with Gasteiger partial charge in [-0.15, -0.1) is 11.3 Å². The Morgan fingerprint density at radius 3 is 2.89 bits per heavy atom. The van der Waals surface area contributed by atoms with Crippen LogP contribution in [0.25, 0.3) is 10.2 Å². The van der Waals surface area contributed by atoms with Crippen LogP contribution in [0, 0.1) is 5.82 Å². The van der Waals surface area contributed by atoms with E-state index in [0.29, 0.717) is 17.0 Å². The van der Waals surface area contributed by atoms with Gasteiger partial charge in [-0.05, 0) is 45.8 Å². The van der Waals surface area contributed by atoms with Gasteiger partial charge in [-0.1, -0.05) is 17.7 Å². The van der Waals surface area contributed by atoms with Crippen molar-refractivity contribution < 1.29 is 4.39 Å². The van der Waals surface area contributed by atoms with Crippen LogP contribution in [0.5, 0.6) is 0 Å². The van der Waals surface area contributed by atoms with E-state index in [2.05, 4.69) is 20.9 Å². The molecule has 0 N–H and O–H groups in total. The Morgan fingerprint density at radius 1 is 1.26 bits per heavy atom. The summed E-state index contributed by atoms with van der Waals surface area (Å²) in [4.78, 5) is 4.56. The molecular formula is C14H8BrClFNS. The summed E-state index contributed by atoms with van der Waals surface area (Å²) in [7, 11) is 0. The first-order valence-electron chi connectivity index (χ1n) is 5.60. The molecule has 5 heteroatoms. The van der Waals surface area contributed by atoms with Gasteiger partial charge < -0.3 is 0 Å². The Morgan fingerprint density at radius 2 is 2.11 bits per heavy atom. The van der Waals surface area contributed by atoms with Gasteiger partial charge in [-0.2, -0.15) is 0 Å². The van der Waals surface area contributed by atoms with Crippen molar-refractivity contribution >= 4 is 49.1 Å². The number of hydrogen-bond acceptors (Lipinski definition) is 2. The van der Waals surface area contributed by atoms with Gasteiger partial charge in [0.25, 0.3) is 0 Å². The smallest absolute Gasteiger partial charge is 0.128 e. The number of thiophene rings is 1. The molecular weight excluding hydrogens is 349 g/mol. The van der Waals surface area contributed by atoms with Crippen molar-refractivity contribution in [3.8, 4) is 0 Å². The Labute approximate surface area is 127 Å². The van der Waals surface area contributed by atoms with E-state index >= 15 is 0 Å². The van der Waals surface area contributed by atoms with Crippen LogP contribution >= 0.6 is 38.9 Å². The predicted molar refractivity (Wildman–Crippen MR) is 81.5 cm³/mol. The van der Waals surface area contributed by atoms with Crippen molar-refractivity contribution in [2.24, 2.45) is 0 Å². The van der Waals surface area contributed by atoms with Crippen LogP contribution in [0.1, 0.15) is 11.3 Å². The van der Waals surface area contributed by atoms with Crippen molar-refractivity contribution in [1.82, 2.24) is 4.98 Å². The van der Waals surface area contributed by atoms with Crippen LogP contribution in [0.4, 0.5) is 4.39 Å². The van der Waals surface area contributed by atoms with Crippen LogP contribution in [0.2, 0.25) is 5.02 Å². The average molecular weight is 357 g/mol. The Kier molecular flexibility index (Phi) is 3.56. The molecule has 0 aliphatic carbocycles. The van der Waals surface area contributed by atoms with Crippen LogP contribution in [0.3, 0.4) is 0 Å². The van der Waals surface area contributed by atoms with Gasteiger partial charge in [0.15, 0.2) is 0 Å². The maximum absolute atomic E-state index is 13.7. The third-order valence-corrected chi connectivity index (χ3v) is 4.90. The van der Waals surface area contributed by atoms with Crippen LogP contribution < -0.4 is 0 Å². The number of nitrogens with zero attached hydrogens (tertiary/aromatic N) is 1. The highest BCUT2D eigenvalue weighted by atomic mass is 79.9. The summed E-state index contributed by atoms with van der Waals surface area (Å²) in [6.07, 6.45) is 0.460. The largest absolute Gasteiger partial charge is 0.250 e. The third-order valence-electron chi connectivity index (χ3n) is 2.82. The second-order valence-corrected chi connectivity index (χ2v) is 6.35. The van der Waals surface area contributed by atoms with E-state index < -0.39 is 0 Å². The first kappa shape index (κ1) is 13.0. The standard InChI is InChI=1S/C14H8BrClFNS/c15-11-7-19-13-4-3-10(18-14(11)13)5-8-1-2-9(16)6-12(8)17/h1-4,6-7H,5H2. The summed E-state index contributed by atoms with van der Waals surface area (Å²) in [6, 6.07) is 8.67. The highest BCUT2D eigenvalue weighted by molar-refractivity contribution is 9.10. The molecule has 96 valence electrons. The third kappa shape index (κ3) is 2.66. The van der Waals surface area contributed by atoms with Crippen molar-refractivity contribution in [3.05, 3.63) is 62.3 Å². The second kappa shape index (κ2) is 5.19. The number of aromatic nitrogens is 1. The molecule has 1 aromatic carbocycles. The Bertz CT molecular complexity index is 756. The zero-order valence-corrected chi connectivity index (χ0v) is 12.8. The Hall–Kier alpha value is -0.970. The first-order chi connectivity index (χ1) is 9.13. The minimum Gasteiger partial charge on any atom is -0.250 e. The lowest BCUT2D eigenvalue weighted by molar-refractivity contribution is 0.613. The number of benzene rings is 1. The summed E-state index contributed by atoms with van der Waals surface area (Å²) in [5.41, 5.74) is 2.37. The molecule has 0 saturated carbocycles. The van der Waals surface area contributed by atoms with Crippen LogP contribution in [0.15, 0.2) is 40.2 Å². The molecule has 1 nitrogen and oxygen atoms in total. The molecule has 0 aliphatic rings. The summed E-state index contributed by atoms with van der Waals surface area (Å²) in [6.45, 7) is 0. The molecule has 2 heterocycles. The average Bonchev–Trinajstić information content (AvgIpc) is 2.75. The molecule has 3 rings (SSSR count). The zero-order chi connectivity index (χ0) is 13.4. The Balaban J connectivity index is 1.98. The minimum absolute atomic E-state index is 0.293. The maximum atomic E-state index is 13.7. The van der Waals surface area contributed by atoms with Crippen LogP contribution in [-0.4, -0.2) is 4.98 Å². The van der Waals surface area contributed by atoms with Crippen molar-refractivity contribution in [3.63, 3.8) is 0 Å². The lowest BCUT2D eigenvalue weighted by Gasteiger charge is -2.04.